The Kier molecular flexibility index (Phi) is 6.62. The van der Waals surface area contributed by atoms with Gasteiger partial charge in [-0.15, -0.1) is 0 Å². The molecule has 7 heteroatoms. The van der Waals surface area contributed by atoms with E-state index in [0.717, 1.165) is 24.9 Å². The van der Waals surface area contributed by atoms with E-state index in [1.807, 2.05) is 12.1 Å². The molecule has 2 aliphatic rings. The van der Waals surface area contributed by atoms with Crippen LogP contribution >= 0.6 is 11.6 Å². The zero-order chi connectivity index (χ0) is 20.3. The Hall–Kier alpha value is -2.05. The van der Waals surface area contributed by atoms with Crippen LogP contribution in [0.4, 0.5) is 4.79 Å². The zero-order valence-corrected chi connectivity index (χ0v) is 17.5. The summed E-state index contributed by atoms with van der Waals surface area (Å²) in [7, 11) is 1.70. The molecule has 1 saturated heterocycles. The SMILES string of the molecule is CCOC(=O)C1=C(CN2CCCC[C@H]2C)N(C)C(=O)N[C@H]1c1cccc(Cl)c1. The molecule has 0 saturated carbocycles. The number of urea groups is 1. The summed E-state index contributed by atoms with van der Waals surface area (Å²) in [5.74, 6) is -0.404. The van der Waals surface area contributed by atoms with E-state index in [-0.39, 0.29) is 12.6 Å². The van der Waals surface area contributed by atoms with Crippen LogP contribution in [-0.2, 0) is 9.53 Å². The van der Waals surface area contributed by atoms with Crippen LogP contribution < -0.4 is 5.32 Å². The lowest BCUT2D eigenvalue weighted by molar-refractivity contribution is -0.139. The van der Waals surface area contributed by atoms with Crippen LogP contribution in [0.25, 0.3) is 0 Å². The van der Waals surface area contributed by atoms with Crippen LogP contribution in [0.3, 0.4) is 0 Å². The number of benzene rings is 1. The number of nitrogens with zero attached hydrogens (tertiary/aromatic N) is 2. The quantitative estimate of drug-likeness (QED) is 0.758. The standard InChI is InChI=1S/C21H28ClN3O3/c1-4-28-20(26)18-17(13-25-11-6-5-8-14(25)2)24(3)21(27)23-19(18)15-9-7-10-16(22)12-15/h7,9-10,12,14,19H,4-6,8,11,13H2,1-3H3,(H,23,27)/t14-,19+/m1/s1. The molecule has 0 aliphatic carbocycles. The molecule has 6 nitrogen and oxygen atoms in total. The van der Waals surface area contributed by atoms with E-state index in [1.165, 1.54) is 11.3 Å². The Morgan fingerprint density at radius 2 is 2.14 bits per heavy atom. The van der Waals surface area contributed by atoms with Gasteiger partial charge in [0.2, 0.25) is 0 Å². The average molecular weight is 406 g/mol. The van der Waals surface area contributed by atoms with Gasteiger partial charge in [-0.2, -0.15) is 0 Å². The summed E-state index contributed by atoms with van der Waals surface area (Å²) in [5.41, 5.74) is 1.94. The van der Waals surface area contributed by atoms with Gasteiger partial charge in [0, 0.05) is 30.4 Å². The van der Waals surface area contributed by atoms with E-state index in [2.05, 4.69) is 17.1 Å². The average Bonchev–Trinajstić information content (AvgIpc) is 2.67. The number of likely N-dealkylation sites (N-methyl/N-ethyl adjacent to an activating group) is 1. The van der Waals surface area contributed by atoms with Crippen LogP contribution in [0, 0.1) is 0 Å². The molecule has 1 fully saturated rings. The zero-order valence-electron chi connectivity index (χ0n) is 16.7. The highest BCUT2D eigenvalue weighted by Crippen LogP contribution is 2.33. The highest BCUT2D eigenvalue weighted by atomic mass is 35.5. The van der Waals surface area contributed by atoms with Gasteiger partial charge < -0.3 is 10.1 Å². The van der Waals surface area contributed by atoms with Gasteiger partial charge in [-0.1, -0.05) is 30.2 Å². The Labute approximate surface area is 171 Å². The van der Waals surface area contributed by atoms with E-state index < -0.39 is 12.0 Å². The molecule has 2 amide bonds. The van der Waals surface area contributed by atoms with Gasteiger partial charge in [-0.25, -0.2) is 9.59 Å². The molecule has 2 aliphatic heterocycles. The van der Waals surface area contributed by atoms with Crippen LogP contribution in [0.1, 0.15) is 44.7 Å². The molecule has 1 N–H and O–H groups in total. The van der Waals surface area contributed by atoms with Crippen molar-refractivity contribution in [1.29, 1.82) is 0 Å². The fourth-order valence-corrected chi connectivity index (χ4v) is 4.12. The van der Waals surface area contributed by atoms with E-state index in [1.54, 1.807) is 26.1 Å². The smallest absolute Gasteiger partial charge is 0.338 e. The Morgan fingerprint density at radius 1 is 1.36 bits per heavy atom. The Bertz CT molecular complexity index is 780. The summed E-state index contributed by atoms with van der Waals surface area (Å²) in [5, 5.41) is 3.48. The van der Waals surface area contributed by atoms with Crippen LogP contribution in [0.2, 0.25) is 5.02 Å². The number of halogens is 1. The van der Waals surface area contributed by atoms with Crippen molar-refractivity contribution in [2.75, 3.05) is 26.7 Å². The van der Waals surface area contributed by atoms with E-state index in [9.17, 15) is 9.59 Å². The molecule has 2 atom stereocenters. The molecule has 1 aromatic rings. The van der Waals surface area contributed by atoms with Gasteiger partial charge in [-0.05, 0) is 50.9 Å². The minimum atomic E-state index is -0.587. The number of ether oxygens (including phenoxy) is 1. The van der Waals surface area contributed by atoms with E-state index >= 15 is 0 Å². The second kappa shape index (κ2) is 8.97. The topological polar surface area (TPSA) is 61.9 Å². The summed E-state index contributed by atoms with van der Waals surface area (Å²) in [4.78, 5) is 29.5. The molecule has 0 radical (unpaired) electrons. The lowest BCUT2D eigenvalue weighted by atomic mass is 9.93. The largest absolute Gasteiger partial charge is 0.463 e. The first-order valence-corrected chi connectivity index (χ1v) is 10.2. The number of carbonyl (C=O) groups excluding carboxylic acids is 2. The van der Waals surface area contributed by atoms with Gasteiger partial charge in [0.15, 0.2) is 0 Å². The van der Waals surface area contributed by atoms with Crippen LogP contribution in [0.15, 0.2) is 35.5 Å². The summed E-state index contributed by atoms with van der Waals surface area (Å²) in [6.45, 7) is 5.75. The third-order valence-corrected chi connectivity index (χ3v) is 5.78. The van der Waals surface area contributed by atoms with Crippen molar-refractivity contribution in [1.82, 2.24) is 15.1 Å². The minimum Gasteiger partial charge on any atom is -0.463 e. The van der Waals surface area contributed by atoms with Crippen molar-refractivity contribution in [2.24, 2.45) is 0 Å². The van der Waals surface area contributed by atoms with Crippen molar-refractivity contribution < 1.29 is 14.3 Å². The molecule has 28 heavy (non-hydrogen) atoms. The van der Waals surface area contributed by atoms with Crippen molar-refractivity contribution >= 4 is 23.6 Å². The van der Waals surface area contributed by atoms with Crippen molar-refractivity contribution in [2.45, 2.75) is 45.2 Å². The second-order valence-corrected chi connectivity index (χ2v) is 7.83. The second-order valence-electron chi connectivity index (χ2n) is 7.39. The summed E-state index contributed by atoms with van der Waals surface area (Å²) < 4.78 is 5.37. The summed E-state index contributed by atoms with van der Waals surface area (Å²) in [6, 6.07) is 6.81. The number of piperidine rings is 1. The first kappa shape index (κ1) is 20.7. The Morgan fingerprint density at radius 3 is 2.82 bits per heavy atom. The molecule has 0 spiro atoms. The predicted molar refractivity (Wildman–Crippen MR) is 109 cm³/mol. The van der Waals surface area contributed by atoms with Crippen molar-refractivity contribution in [3.05, 3.63) is 46.1 Å². The van der Waals surface area contributed by atoms with Crippen LogP contribution in [-0.4, -0.2) is 54.6 Å². The minimum absolute atomic E-state index is 0.238. The predicted octanol–water partition coefficient (Wildman–Crippen LogP) is 3.73. The molecular weight excluding hydrogens is 378 g/mol. The first-order chi connectivity index (χ1) is 13.4. The summed E-state index contributed by atoms with van der Waals surface area (Å²) in [6.07, 6.45) is 3.46. The number of hydrogen-bond acceptors (Lipinski definition) is 4. The fraction of sp³-hybridized carbons (Fsp3) is 0.524. The maximum absolute atomic E-state index is 12.9. The number of nitrogens with one attached hydrogen (secondary N) is 1. The third-order valence-electron chi connectivity index (χ3n) is 5.55. The molecule has 0 bridgehead atoms. The van der Waals surface area contributed by atoms with Crippen molar-refractivity contribution in [3.8, 4) is 0 Å². The van der Waals surface area contributed by atoms with E-state index in [4.69, 9.17) is 16.3 Å². The normalized spacial score (nSPS) is 23.6. The molecule has 1 aromatic carbocycles. The molecule has 2 heterocycles. The Balaban J connectivity index is 2.06. The fourth-order valence-electron chi connectivity index (χ4n) is 3.92. The lowest BCUT2D eigenvalue weighted by Crippen LogP contribution is -2.50. The number of amides is 2. The lowest BCUT2D eigenvalue weighted by Gasteiger charge is -2.39. The third kappa shape index (κ3) is 4.33. The van der Waals surface area contributed by atoms with Crippen molar-refractivity contribution in [3.63, 3.8) is 0 Å². The molecular formula is C21H28ClN3O3. The molecule has 152 valence electrons. The summed E-state index contributed by atoms with van der Waals surface area (Å²) >= 11 is 6.17. The number of carbonyl (C=O) groups is 2. The maximum atomic E-state index is 12.9. The molecule has 0 aromatic heterocycles. The number of likely N-dealkylation sites (tertiary alicyclic amines) is 1. The van der Waals surface area contributed by atoms with Gasteiger partial charge in [0.25, 0.3) is 0 Å². The first-order valence-electron chi connectivity index (χ1n) is 9.86. The maximum Gasteiger partial charge on any atom is 0.338 e. The van der Waals surface area contributed by atoms with Gasteiger partial charge in [-0.3, -0.25) is 9.80 Å². The highest BCUT2D eigenvalue weighted by Gasteiger charge is 2.38. The van der Waals surface area contributed by atoms with Crippen LogP contribution in [0.5, 0.6) is 0 Å². The number of esters is 1. The molecule has 0 unspecified atom stereocenters. The van der Waals surface area contributed by atoms with Gasteiger partial charge >= 0.3 is 12.0 Å². The van der Waals surface area contributed by atoms with Gasteiger partial charge in [0.05, 0.1) is 18.2 Å². The molecule has 3 rings (SSSR count). The van der Waals surface area contributed by atoms with Gasteiger partial charge in [0.1, 0.15) is 0 Å². The number of hydrogen-bond donors (Lipinski definition) is 1. The van der Waals surface area contributed by atoms with E-state index in [0.29, 0.717) is 28.9 Å². The highest BCUT2D eigenvalue weighted by molar-refractivity contribution is 6.30. The number of rotatable bonds is 5. The monoisotopic (exact) mass is 405 g/mol.